The van der Waals surface area contributed by atoms with E-state index >= 15 is 0 Å². The Morgan fingerprint density at radius 1 is 0.710 bits per heavy atom. The summed E-state index contributed by atoms with van der Waals surface area (Å²) in [6, 6.07) is 0. The molecule has 2 saturated carbocycles. The molecular weight excluding hydrogens is 498 g/mol. The second-order valence-electron chi connectivity index (χ2n) is 10.3. The third kappa shape index (κ3) is 5.92. The van der Waals surface area contributed by atoms with Crippen LogP contribution < -0.4 is 0 Å². The number of halogens is 2. The Hall–Kier alpha value is 0.423. The molecule has 3 heteroatoms. The van der Waals surface area contributed by atoms with Gasteiger partial charge in [-0.15, -0.1) is 0 Å². The predicted molar refractivity (Wildman–Crippen MR) is 131 cm³/mol. The van der Waals surface area contributed by atoms with Gasteiger partial charge in [-0.3, -0.25) is 0 Å². The summed E-state index contributed by atoms with van der Waals surface area (Å²) >= 11 is -0.826. The van der Waals surface area contributed by atoms with Crippen molar-refractivity contribution in [2.45, 2.75) is 54.4 Å². The normalized spacial score (nSPS) is 23.9. The Balaban J connectivity index is 0.000000858. The second-order valence-corrected chi connectivity index (χ2v) is 14.0. The molecule has 2 fully saturated rings. The standard InChI is InChI=1S/C28H32.2ClH.Zr/c1-27(2,3)23-15-9-13-20-21-14-10-16-24(28(4,5)6)26(21)22(25(20)23)18-17-19-11-7-8-12-19;;;/h7-16H,17-18H2,1-6H3;2*1H;/q;;;+2/p-2. The Morgan fingerprint density at radius 3 is 1.52 bits per heavy atom. The Morgan fingerprint density at radius 2 is 1.13 bits per heavy atom. The first kappa shape index (κ1) is 26.0. The molecule has 31 heavy (non-hydrogen) atoms. The van der Waals surface area contributed by atoms with Gasteiger partial charge in [0.05, 0.1) is 0 Å². The molecular formula is C28H32Cl2Zr. The molecule has 0 nitrogen and oxygen atoms in total. The van der Waals surface area contributed by atoms with Crippen molar-refractivity contribution in [1.29, 1.82) is 0 Å². The molecule has 0 aromatic carbocycles. The fourth-order valence-corrected chi connectivity index (χ4v) is 4.68. The van der Waals surface area contributed by atoms with Gasteiger partial charge in [-0.25, -0.2) is 0 Å². The fraction of sp³-hybridized carbons (Fsp3) is 0.357. The summed E-state index contributed by atoms with van der Waals surface area (Å²) in [6.07, 6.45) is 24.8. The molecule has 4 rings (SSSR count). The molecule has 0 amide bonds. The van der Waals surface area contributed by atoms with Crippen LogP contribution in [0.4, 0.5) is 0 Å². The summed E-state index contributed by atoms with van der Waals surface area (Å²) in [6.45, 7) is 14.0. The van der Waals surface area contributed by atoms with Gasteiger partial charge in [0.1, 0.15) is 0 Å². The summed E-state index contributed by atoms with van der Waals surface area (Å²) in [5.41, 5.74) is 3.19. The molecule has 0 aromatic rings. The molecule has 0 aromatic heterocycles. The van der Waals surface area contributed by atoms with Gasteiger partial charge in [-0.05, 0) is 55.3 Å². The van der Waals surface area contributed by atoms with Gasteiger partial charge in [-0.1, -0.05) is 89.1 Å². The van der Waals surface area contributed by atoms with E-state index in [1.807, 2.05) is 0 Å². The molecule has 0 atom stereocenters. The van der Waals surface area contributed by atoms with Crippen LogP contribution in [0.25, 0.3) is 0 Å². The van der Waals surface area contributed by atoms with E-state index in [9.17, 15) is 0 Å². The first-order valence-corrected chi connectivity index (χ1v) is 17.2. The van der Waals surface area contributed by atoms with Crippen molar-refractivity contribution in [3.8, 4) is 0 Å². The van der Waals surface area contributed by atoms with Gasteiger partial charge in [0.2, 0.25) is 0 Å². The summed E-state index contributed by atoms with van der Waals surface area (Å²) < 4.78 is 0. The molecule has 4 aliphatic rings. The molecule has 10 radical (unpaired) electrons. The van der Waals surface area contributed by atoms with Crippen molar-refractivity contribution >= 4 is 17.0 Å². The van der Waals surface area contributed by atoms with E-state index < -0.39 is 20.8 Å². The van der Waals surface area contributed by atoms with Crippen molar-refractivity contribution in [2.24, 2.45) is 10.8 Å². The van der Waals surface area contributed by atoms with Gasteiger partial charge in [0.25, 0.3) is 0 Å². The zero-order valence-electron chi connectivity index (χ0n) is 19.4. The van der Waals surface area contributed by atoms with Gasteiger partial charge < -0.3 is 0 Å². The topological polar surface area (TPSA) is 0 Å². The van der Waals surface area contributed by atoms with E-state index in [-0.39, 0.29) is 10.8 Å². The van der Waals surface area contributed by atoms with E-state index in [1.54, 1.807) is 5.92 Å². The van der Waals surface area contributed by atoms with Crippen LogP contribution in [0.2, 0.25) is 0 Å². The van der Waals surface area contributed by atoms with Gasteiger partial charge in [-0.2, -0.15) is 0 Å². The molecule has 0 aliphatic heterocycles. The molecule has 0 heterocycles. The molecule has 0 N–H and O–H groups in total. The van der Waals surface area contributed by atoms with Gasteiger partial charge in [0, 0.05) is 29.6 Å². The zero-order chi connectivity index (χ0) is 22.8. The average Bonchev–Trinajstić information content (AvgIpc) is 3.31. The number of rotatable bonds is 3. The van der Waals surface area contributed by atoms with Crippen molar-refractivity contribution in [3.63, 3.8) is 0 Å². The van der Waals surface area contributed by atoms with Crippen LogP contribution >= 0.6 is 17.0 Å². The van der Waals surface area contributed by atoms with Crippen LogP contribution in [0.1, 0.15) is 54.4 Å². The number of hydrogen-bond acceptors (Lipinski definition) is 0. The molecule has 162 valence electrons. The van der Waals surface area contributed by atoms with Crippen molar-refractivity contribution in [2.75, 3.05) is 0 Å². The van der Waals surface area contributed by atoms with Crippen molar-refractivity contribution in [3.05, 3.63) is 109 Å². The predicted octanol–water partition coefficient (Wildman–Crippen LogP) is 8.52. The van der Waals surface area contributed by atoms with Crippen LogP contribution in [0, 0.1) is 72.0 Å². The van der Waals surface area contributed by atoms with E-state index in [0.717, 1.165) is 12.8 Å². The quantitative estimate of drug-likeness (QED) is 0.343. The minimum atomic E-state index is -0.826. The van der Waals surface area contributed by atoms with Crippen molar-refractivity contribution < 1.29 is 20.8 Å². The molecule has 4 aliphatic carbocycles. The van der Waals surface area contributed by atoms with Gasteiger partial charge in [0.15, 0.2) is 0 Å². The van der Waals surface area contributed by atoms with Crippen LogP contribution in [0.5, 0.6) is 0 Å². The Bertz CT molecular complexity index is 673. The van der Waals surface area contributed by atoms with Crippen LogP contribution in [-0.4, -0.2) is 0 Å². The van der Waals surface area contributed by atoms with E-state index in [0.29, 0.717) is 0 Å². The first-order chi connectivity index (χ1) is 14.6. The molecule has 0 bridgehead atoms. The summed E-state index contributed by atoms with van der Waals surface area (Å²) in [4.78, 5) is 0. The third-order valence-corrected chi connectivity index (χ3v) is 6.03. The first-order valence-electron chi connectivity index (χ1n) is 10.9. The number of hydrogen-bond donors (Lipinski definition) is 0. The van der Waals surface area contributed by atoms with Gasteiger partial charge >= 0.3 is 37.9 Å². The van der Waals surface area contributed by atoms with Crippen LogP contribution in [0.3, 0.4) is 0 Å². The van der Waals surface area contributed by atoms with E-state index in [2.05, 4.69) is 104 Å². The van der Waals surface area contributed by atoms with Crippen LogP contribution in [-0.2, 0) is 20.8 Å². The minimum absolute atomic E-state index is 0.126. The third-order valence-electron chi connectivity index (χ3n) is 6.03. The van der Waals surface area contributed by atoms with Crippen LogP contribution in [0.15, 0.2) is 47.6 Å². The molecule has 0 unspecified atom stereocenters. The monoisotopic (exact) mass is 528 g/mol. The zero-order valence-corrected chi connectivity index (χ0v) is 23.4. The fourth-order valence-electron chi connectivity index (χ4n) is 4.68. The molecule has 0 spiro atoms. The number of fused-ring (bicyclic) bond motifs is 3. The van der Waals surface area contributed by atoms with E-state index in [1.165, 1.54) is 40.7 Å². The molecule has 0 saturated heterocycles. The summed E-state index contributed by atoms with van der Waals surface area (Å²) in [5.74, 6) is 8.81. The Kier molecular flexibility index (Phi) is 9.06. The summed E-state index contributed by atoms with van der Waals surface area (Å²) in [7, 11) is 9.87. The maximum absolute atomic E-state index is 4.93. The summed E-state index contributed by atoms with van der Waals surface area (Å²) in [5, 5.41) is 0. The Labute approximate surface area is 210 Å². The average molecular weight is 531 g/mol. The number of allylic oxidation sites excluding steroid dienone is 8. The van der Waals surface area contributed by atoms with Crippen molar-refractivity contribution in [1.82, 2.24) is 0 Å². The second kappa shape index (κ2) is 10.8. The van der Waals surface area contributed by atoms with E-state index in [4.69, 9.17) is 17.0 Å². The maximum atomic E-state index is 4.93. The SMILES string of the molecule is CC(C)(C)C1=CC=C[C]2[C]3C=CC=C(C(C)(C)C)[C]3[C](CC[C]3[CH][CH][CH][CH]3)[C]21.[Cl][Zr][Cl].